The summed E-state index contributed by atoms with van der Waals surface area (Å²) in [5.41, 5.74) is -0.551. The van der Waals surface area contributed by atoms with Crippen LogP contribution >= 0.6 is 12.4 Å². The van der Waals surface area contributed by atoms with Crippen LogP contribution in [-0.2, 0) is 9.53 Å². The molecule has 19 heavy (non-hydrogen) atoms. The first-order chi connectivity index (χ1) is 8.78. The van der Waals surface area contributed by atoms with Gasteiger partial charge < -0.3 is 15.0 Å². The molecule has 0 radical (unpaired) electrons. The van der Waals surface area contributed by atoms with Crippen molar-refractivity contribution in [3.8, 4) is 0 Å². The molecule has 2 fully saturated rings. The summed E-state index contributed by atoms with van der Waals surface area (Å²) in [4.78, 5) is 14.8. The fourth-order valence-electron chi connectivity index (χ4n) is 3.07. The van der Waals surface area contributed by atoms with E-state index in [1.807, 2.05) is 4.90 Å². The summed E-state index contributed by atoms with van der Waals surface area (Å²) in [6, 6.07) is 0. The zero-order valence-electron chi connectivity index (χ0n) is 12.0. The summed E-state index contributed by atoms with van der Waals surface area (Å²) in [6.07, 6.45) is 7.73. The van der Waals surface area contributed by atoms with Gasteiger partial charge >= 0.3 is 0 Å². The zero-order chi connectivity index (χ0) is 12.8. The third-order valence-corrected chi connectivity index (χ3v) is 4.34. The molecule has 0 bridgehead atoms. The minimum atomic E-state index is -0.551. The Labute approximate surface area is 122 Å². The van der Waals surface area contributed by atoms with Crippen molar-refractivity contribution in [2.45, 2.75) is 50.5 Å². The van der Waals surface area contributed by atoms with E-state index in [0.717, 1.165) is 51.9 Å². The SMILES string of the molecule is COC1(C(=O)N2CCCCCCC2)CCNCC1.Cl. The fraction of sp³-hybridized carbons (Fsp3) is 0.929. The van der Waals surface area contributed by atoms with Gasteiger partial charge in [0.25, 0.3) is 5.91 Å². The molecule has 0 spiro atoms. The number of piperidine rings is 1. The molecule has 5 heteroatoms. The quantitative estimate of drug-likeness (QED) is 0.845. The fourth-order valence-corrected chi connectivity index (χ4v) is 3.07. The number of rotatable bonds is 2. The van der Waals surface area contributed by atoms with Crippen LogP contribution in [-0.4, -0.2) is 49.7 Å². The lowest BCUT2D eigenvalue weighted by molar-refractivity contribution is -0.158. The number of nitrogens with one attached hydrogen (secondary N) is 1. The van der Waals surface area contributed by atoms with Crippen molar-refractivity contribution in [1.29, 1.82) is 0 Å². The van der Waals surface area contributed by atoms with Gasteiger partial charge in [-0.2, -0.15) is 0 Å². The van der Waals surface area contributed by atoms with Crippen molar-refractivity contribution in [2.75, 3.05) is 33.3 Å². The van der Waals surface area contributed by atoms with Crippen molar-refractivity contribution < 1.29 is 9.53 Å². The summed E-state index contributed by atoms with van der Waals surface area (Å²) in [5.74, 6) is 0.230. The first-order valence-corrected chi connectivity index (χ1v) is 7.34. The van der Waals surface area contributed by atoms with Crippen LogP contribution in [0.25, 0.3) is 0 Å². The number of ether oxygens (including phenoxy) is 1. The van der Waals surface area contributed by atoms with Gasteiger partial charge in [0.1, 0.15) is 5.60 Å². The van der Waals surface area contributed by atoms with E-state index in [1.54, 1.807) is 7.11 Å². The molecule has 1 N–H and O–H groups in total. The van der Waals surface area contributed by atoms with Crippen molar-refractivity contribution in [3.05, 3.63) is 0 Å². The molecular formula is C14H27ClN2O2. The van der Waals surface area contributed by atoms with Gasteiger partial charge in [-0.25, -0.2) is 0 Å². The van der Waals surface area contributed by atoms with Crippen LogP contribution in [0.1, 0.15) is 44.9 Å². The first kappa shape index (κ1) is 16.7. The average molecular weight is 291 g/mol. The Morgan fingerprint density at radius 1 is 1.05 bits per heavy atom. The third kappa shape index (κ3) is 4.07. The lowest BCUT2D eigenvalue weighted by Crippen LogP contribution is -2.55. The average Bonchev–Trinajstić information content (AvgIpc) is 2.38. The van der Waals surface area contributed by atoms with Gasteiger partial charge in [-0.3, -0.25) is 4.79 Å². The molecule has 0 aromatic carbocycles. The highest BCUT2D eigenvalue weighted by atomic mass is 35.5. The van der Waals surface area contributed by atoms with Crippen LogP contribution in [0.5, 0.6) is 0 Å². The van der Waals surface area contributed by atoms with Gasteiger partial charge in [-0.1, -0.05) is 19.3 Å². The van der Waals surface area contributed by atoms with Crippen molar-refractivity contribution >= 4 is 18.3 Å². The van der Waals surface area contributed by atoms with Crippen molar-refractivity contribution in [2.24, 2.45) is 0 Å². The molecule has 0 unspecified atom stereocenters. The first-order valence-electron chi connectivity index (χ1n) is 7.34. The van der Waals surface area contributed by atoms with E-state index in [2.05, 4.69) is 5.32 Å². The molecule has 2 aliphatic rings. The van der Waals surface area contributed by atoms with Crippen LogP contribution in [0.2, 0.25) is 0 Å². The normalized spacial score (nSPS) is 23.9. The Balaban J connectivity index is 0.00000180. The summed E-state index contributed by atoms with van der Waals surface area (Å²) in [7, 11) is 1.69. The second-order valence-electron chi connectivity index (χ2n) is 5.51. The predicted molar refractivity (Wildman–Crippen MR) is 78.8 cm³/mol. The number of carbonyl (C=O) groups is 1. The van der Waals surface area contributed by atoms with Gasteiger partial charge in [0.2, 0.25) is 0 Å². The molecular weight excluding hydrogens is 264 g/mol. The highest BCUT2D eigenvalue weighted by molar-refractivity contribution is 5.85. The van der Waals surface area contributed by atoms with Crippen LogP contribution < -0.4 is 5.32 Å². The molecule has 2 rings (SSSR count). The molecule has 0 aromatic heterocycles. The molecule has 0 aliphatic carbocycles. The minimum absolute atomic E-state index is 0. The zero-order valence-corrected chi connectivity index (χ0v) is 12.8. The van der Waals surface area contributed by atoms with E-state index >= 15 is 0 Å². The Kier molecular flexibility index (Phi) is 7.11. The van der Waals surface area contributed by atoms with E-state index < -0.39 is 5.60 Å². The molecule has 4 nitrogen and oxygen atoms in total. The van der Waals surface area contributed by atoms with E-state index in [1.165, 1.54) is 19.3 Å². The second kappa shape index (κ2) is 8.08. The highest BCUT2D eigenvalue weighted by Crippen LogP contribution is 2.26. The molecule has 2 heterocycles. The maximum absolute atomic E-state index is 12.7. The molecule has 0 saturated carbocycles. The lowest BCUT2D eigenvalue weighted by Gasteiger charge is -2.39. The Morgan fingerprint density at radius 2 is 1.58 bits per heavy atom. The number of hydrogen-bond donors (Lipinski definition) is 1. The Hall–Kier alpha value is -0.320. The summed E-state index contributed by atoms with van der Waals surface area (Å²) >= 11 is 0. The molecule has 0 aromatic rings. The van der Waals surface area contributed by atoms with E-state index in [4.69, 9.17) is 4.74 Å². The summed E-state index contributed by atoms with van der Waals surface area (Å²) in [5, 5.41) is 3.30. The number of carbonyl (C=O) groups excluding carboxylic acids is 1. The maximum atomic E-state index is 12.7. The van der Waals surface area contributed by atoms with Crippen molar-refractivity contribution in [1.82, 2.24) is 10.2 Å². The van der Waals surface area contributed by atoms with Gasteiger partial charge in [0.15, 0.2) is 0 Å². The topological polar surface area (TPSA) is 41.6 Å². The largest absolute Gasteiger partial charge is 0.368 e. The molecule has 0 atom stereocenters. The summed E-state index contributed by atoms with van der Waals surface area (Å²) < 4.78 is 5.63. The lowest BCUT2D eigenvalue weighted by atomic mass is 9.90. The Morgan fingerprint density at radius 3 is 2.11 bits per heavy atom. The number of amides is 1. The molecule has 2 aliphatic heterocycles. The Bertz CT molecular complexity index is 273. The van der Waals surface area contributed by atoms with E-state index in [0.29, 0.717) is 0 Å². The second-order valence-corrected chi connectivity index (χ2v) is 5.51. The van der Waals surface area contributed by atoms with Crippen LogP contribution in [0.15, 0.2) is 0 Å². The minimum Gasteiger partial charge on any atom is -0.368 e. The molecule has 1 amide bonds. The highest BCUT2D eigenvalue weighted by Gasteiger charge is 2.42. The van der Waals surface area contributed by atoms with Gasteiger partial charge in [0, 0.05) is 20.2 Å². The van der Waals surface area contributed by atoms with Gasteiger partial charge in [-0.05, 0) is 38.8 Å². The van der Waals surface area contributed by atoms with E-state index in [-0.39, 0.29) is 18.3 Å². The summed E-state index contributed by atoms with van der Waals surface area (Å²) in [6.45, 7) is 3.59. The smallest absolute Gasteiger partial charge is 0.254 e. The number of hydrogen-bond acceptors (Lipinski definition) is 3. The van der Waals surface area contributed by atoms with Gasteiger partial charge in [-0.15, -0.1) is 12.4 Å². The van der Waals surface area contributed by atoms with Crippen LogP contribution in [0.4, 0.5) is 0 Å². The van der Waals surface area contributed by atoms with Crippen LogP contribution in [0.3, 0.4) is 0 Å². The third-order valence-electron chi connectivity index (χ3n) is 4.34. The van der Waals surface area contributed by atoms with Gasteiger partial charge in [0.05, 0.1) is 0 Å². The number of halogens is 1. The maximum Gasteiger partial charge on any atom is 0.254 e. The number of likely N-dealkylation sites (tertiary alicyclic amines) is 1. The monoisotopic (exact) mass is 290 g/mol. The number of nitrogens with zero attached hydrogens (tertiary/aromatic N) is 1. The van der Waals surface area contributed by atoms with E-state index in [9.17, 15) is 4.79 Å². The molecule has 112 valence electrons. The van der Waals surface area contributed by atoms with Crippen LogP contribution in [0, 0.1) is 0 Å². The van der Waals surface area contributed by atoms with Crippen molar-refractivity contribution in [3.63, 3.8) is 0 Å². The molecule has 2 saturated heterocycles. The number of methoxy groups -OCH3 is 1. The predicted octanol–water partition coefficient (Wildman–Crippen LogP) is 1.97. The standard InChI is InChI=1S/C14H26N2O2.ClH/c1-18-14(7-9-15-10-8-14)13(17)16-11-5-3-2-4-6-12-16;/h15H,2-12H2,1H3;1H.